The van der Waals surface area contributed by atoms with E-state index >= 15 is 0 Å². The third-order valence-corrected chi connectivity index (χ3v) is 6.81. The minimum Gasteiger partial charge on any atom is -0.309 e. The van der Waals surface area contributed by atoms with Gasteiger partial charge in [0.25, 0.3) is 10.0 Å². The van der Waals surface area contributed by atoms with Gasteiger partial charge >= 0.3 is 0 Å². The number of aryl methyl sites for hydroxylation is 2. The highest BCUT2D eigenvalue weighted by Crippen LogP contribution is 2.39. The van der Waals surface area contributed by atoms with E-state index in [-0.39, 0.29) is 22.8 Å². The predicted molar refractivity (Wildman–Crippen MR) is 107 cm³/mol. The fourth-order valence-corrected chi connectivity index (χ4v) is 5.06. The number of hydrogen-bond acceptors (Lipinski definition) is 3. The van der Waals surface area contributed by atoms with Gasteiger partial charge in [0.2, 0.25) is 5.91 Å². The maximum absolute atomic E-state index is 12.9. The lowest BCUT2D eigenvalue weighted by molar-refractivity contribution is -0.120. The van der Waals surface area contributed by atoms with E-state index < -0.39 is 10.0 Å². The van der Waals surface area contributed by atoms with E-state index in [1.54, 1.807) is 18.2 Å². The van der Waals surface area contributed by atoms with Crippen LogP contribution in [0.1, 0.15) is 36.5 Å². The normalized spacial score (nSPS) is 19.1. The molecule has 5 nitrogen and oxygen atoms in total. The molecule has 0 saturated heterocycles. The molecule has 1 atom stereocenters. The second kappa shape index (κ2) is 6.37. The monoisotopic (exact) mass is 384 g/mol. The van der Waals surface area contributed by atoms with Crippen LogP contribution in [-0.2, 0) is 21.2 Å². The molecule has 2 aromatic carbocycles. The number of amides is 1. The van der Waals surface area contributed by atoms with Gasteiger partial charge in [0.15, 0.2) is 0 Å². The molecule has 1 saturated carbocycles. The largest absolute Gasteiger partial charge is 0.309 e. The second-order valence-electron chi connectivity index (χ2n) is 7.70. The molecule has 0 unspecified atom stereocenters. The van der Waals surface area contributed by atoms with Crippen LogP contribution in [0.2, 0.25) is 0 Å². The first kappa shape index (κ1) is 18.0. The Morgan fingerprint density at radius 2 is 1.78 bits per heavy atom. The van der Waals surface area contributed by atoms with Gasteiger partial charge in [0, 0.05) is 17.6 Å². The standard InChI is InChI=1S/C21H24N2O3S/c1-13-5-4-6-14(2)20(13)22-27(25,26)18-9-10-19-17(12-18)11-15(3)23(19)21(24)16-7-8-16/h4-6,9-10,12,15-16,22H,7-8,11H2,1-3H3/t15-/m0/s1. The lowest BCUT2D eigenvalue weighted by Crippen LogP contribution is -2.36. The van der Waals surface area contributed by atoms with Gasteiger partial charge in [-0.05, 0) is 74.9 Å². The molecular formula is C21H24N2O3S. The van der Waals surface area contributed by atoms with E-state index in [4.69, 9.17) is 0 Å². The molecule has 2 aromatic rings. The van der Waals surface area contributed by atoms with E-state index in [0.717, 1.165) is 35.2 Å². The fraction of sp³-hybridized carbons (Fsp3) is 0.381. The Morgan fingerprint density at radius 1 is 1.11 bits per heavy atom. The van der Waals surface area contributed by atoms with Gasteiger partial charge in [-0.2, -0.15) is 0 Å². The fourth-order valence-electron chi connectivity index (χ4n) is 3.81. The average Bonchev–Trinajstić information content (AvgIpc) is 3.40. The van der Waals surface area contributed by atoms with Crippen LogP contribution in [0.15, 0.2) is 41.3 Å². The SMILES string of the molecule is Cc1cccc(C)c1NS(=O)(=O)c1ccc2c(c1)C[C@H](C)N2C(=O)C1CC1. The smallest absolute Gasteiger partial charge is 0.261 e. The van der Waals surface area contributed by atoms with Crippen molar-refractivity contribution >= 4 is 27.3 Å². The Balaban J connectivity index is 1.66. The molecule has 1 aliphatic carbocycles. The first-order valence-electron chi connectivity index (χ1n) is 9.33. The minimum absolute atomic E-state index is 0.0672. The zero-order chi connectivity index (χ0) is 19.3. The maximum Gasteiger partial charge on any atom is 0.261 e. The summed E-state index contributed by atoms with van der Waals surface area (Å²) in [4.78, 5) is 14.7. The molecule has 1 fully saturated rings. The summed E-state index contributed by atoms with van der Waals surface area (Å²) in [5.41, 5.74) is 4.16. The Morgan fingerprint density at radius 3 is 2.41 bits per heavy atom. The summed E-state index contributed by atoms with van der Waals surface area (Å²) in [7, 11) is -3.69. The van der Waals surface area contributed by atoms with Crippen molar-refractivity contribution in [3.05, 3.63) is 53.1 Å². The molecule has 27 heavy (non-hydrogen) atoms. The molecule has 2 aliphatic rings. The number of hydrogen-bond donors (Lipinski definition) is 1. The number of benzene rings is 2. The van der Waals surface area contributed by atoms with Crippen molar-refractivity contribution in [2.45, 2.75) is 51.0 Å². The molecule has 142 valence electrons. The van der Waals surface area contributed by atoms with Gasteiger partial charge in [0.05, 0.1) is 10.6 Å². The maximum atomic E-state index is 12.9. The molecule has 0 radical (unpaired) electrons. The second-order valence-corrected chi connectivity index (χ2v) is 9.38. The molecular weight excluding hydrogens is 360 g/mol. The number of anilines is 2. The Hall–Kier alpha value is -2.34. The van der Waals surface area contributed by atoms with Crippen molar-refractivity contribution in [1.82, 2.24) is 0 Å². The molecule has 1 aliphatic heterocycles. The van der Waals surface area contributed by atoms with Crippen molar-refractivity contribution in [2.24, 2.45) is 5.92 Å². The van der Waals surface area contributed by atoms with Crippen molar-refractivity contribution in [3.8, 4) is 0 Å². The summed E-state index contributed by atoms with van der Waals surface area (Å²) >= 11 is 0. The zero-order valence-electron chi connectivity index (χ0n) is 15.8. The molecule has 1 heterocycles. The van der Waals surface area contributed by atoms with Gasteiger partial charge in [0.1, 0.15) is 0 Å². The van der Waals surface area contributed by atoms with Gasteiger partial charge in [-0.3, -0.25) is 9.52 Å². The van der Waals surface area contributed by atoms with E-state index in [2.05, 4.69) is 4.72 Å². The number of para-hydroxylation sites is 1. The summed E-state index contributed by atoms with van der Waals surface area (Å²) < 4.78 is 28.6. The summed E-state index contributed by atoms with van der Waals surface area (Å²) in [6, 6.07) is 10.8. The Kier molecular flexibility index (Phi) is 4.26. The van der Waals surface area contributed by atoms with Gasteiger partial charge in [-0.15, -0.1) is 0 Å². The average molecular weight is 385 g/mol. The third-order valence-electron chi connectivity index (χ3n) is 5.46. The highest BCUT2D eigenvalue weighted by molar-refractivity contribution is 7.92. The van der Waals surface area contributed by atoms with Crippen molar-refractivity contribution < 1.29 is 13.2 Å². The zero-order valence-corrected chi connectivity index (χ0v) is 16.6. The number of sulfonamides is 1. The highest BCUT2D eigenvalue weighted by Gasteiger charge is 2.39. The summed E-state index contributed by atoms with van der Waals surface area (Å²) in [5, 5.41) is 0. The third kappa shape index (κ3) is 3.23. The molecule has 1 N–H and O–H groups in total. The lowest BCUT2D eigenvalue weighted by Gasteiger charge is -2.22. The van der Waals surface area contributed by atoms with Crippen LogP contribution >= 0.6 is 0 Å². The van der Waals surface area contributed by atoms with Crippen LogP contribution in [0.25, 0.3) is 0 Å². The summed E-state index contributed by atoms with van der Waals surface area (Å²) in [6.07, 6.45) is 2.60. The van der Waals surface area contributed by atoms with E-state index in [0.29, 0.717) is 12.1 Å². The number of nitrogens with one attached hydrogen (secondary N) is 1. The Bertz CT molecular complexity index is 1010. The van der Waals surface area contributed by atoms with Crippen LogP contribution in [0.3, 0.4) is 0 Å². The van der Waals surface area contributed by atoms with Crippen LogP contribution < -0.4 is 9.62 Å². The Labute approximate surface area is 160 Å². The van der Waals surface area contributed by atoms with Crippen molar-refractivity contribution in [2.75, 3.05) is 9.62 Å². The van der Waals surface area contributed by atoms with Crippen LogP contribution in [0.5, 0.6) is 0 Å². The highest BCUT2D eigenvalue weighted by atomic mass is 32.2. The number of carbonyl (C=O) groups is 1. The van der Waals surface area contributed by atoms with Crippen LogP contribution in [0.4, 0.5) is 11.4 Å². The quantitative estimate of drug-likeness (QED) is 0.872. The van der Waals surface area contributed by atoms with E-state index in [1.807, 2.05) is 43.9 Å². The summed E-state index contributed by atoms with van der Waals surface area (Å²) in [5.74, 6) is 0.318. The number of nitrogens with zero attached hydrogens (tertiary/aromatic N) is 1. The molecule has 0 spiro atoms. The van der Waals surface area contributed by atoms with Gasteiger partial charge < -0.3 is 4.90 Å². The number of carbonyl (C=O) groups excluding carboxylic acids is 1. The minimum atomic E-state index is -3.69. The summed E-state index contributed by atoms with van der Waals surface area (Å²) in [6.45, 7) is 5.79. The molecule has 1 amide bonds. The first-order valence-corrected chi connectivity index (χ1v) is 10.8. The predicted octanol–water partition coefficient (Wildman–Crippen LogP) is 3.79. The molecule has 6 heteroatoms. The van der Waals surface area contributed by atoms with Gasteiger partial charge in [-0.1, -0.05) is 18.2 Å². The molecule has 0 bridgehead atoms. The molecule has 4 rings (SSSR count). The van der Waals surface area contributed by atoms with Crippen molar-refractivity contribution in [3.63, 3.8) is 0 Å². The van der Waals surface area contributed by atoms with Crippen LogP contribution in [0, 0.1) is 19.8 Å². The van der Waals surface area contributed by atoms with Crippen LogP contribution in [-0.4, -0.2) is 20.4 Å². The number of rotatable bonds is 4. The molecule has 0 aromatic heterocycles. The van der Waals surface area contributed by atoms with E-state index in [9.17, 15) is 13.2 Å². The topological polar surface area (TPSA) is 66.5 Å². The van der Waals surface area contributed by atoms with E-state index in [1.165, 1.54) is 0 Å². The lowest BCUT2D eigenvalue weighted by atomic mass is 10.1. The first-order chi connectivity index (χ1) is 12.8. The van der Waals surface area contributed by atoms with Gasteiger partial charge in [-0.25, -0.2) is 8.42 Å². The number of fused-ring (bicyclic) bond motifs is 1. The van der Waals surface area contributed by atoms with Crippen molar-refractivity contribution in [1.29, 1.82) is 0 Å².